The predicted octanol–water partition coefficient (Wildman–Crippen LogP) is 5.55. The van der Waals surface area contributed by atoms with Crippen LogP contribution in [0.3, 0.4) is 0 Å². The molecule has 1 aromatic carbocycles. The van der Waals surface area contributed by atoms with E-state index >= 15 is 0 Å². The third kappa shape index (κ3) is 4.82. The van der Waals surface area contributed by atoms with Crippen LogP contribution in [0.2, 0.25) is 0 Å². The molecule has 0 spiro atoms. The molecule has 1 amide bonds. The Morgan fingerprint density at radius 1 is 1.11 bits per heavy atom. The van der Waals surface area contributed by atoms with Crippen molar-refractivity contribution in [1.82, 2.24) is 10.2 Å². The minimum atomic E-state index is 0.0741. The van der Waals surface area contributed by atoms with Gasteiger partial charge >= 0.3 is 0 Å². The largest absolute Gasteiger partial charge is 0.286 e. The maximum atomic E-state index is 12.8. The summed E-state index contributed by atoms with van der Waals surface area (Å²) in [7, 11) is 0. The highest BCUT2D eigenvalue weighted by Gasteiger charge is 2.21. The number of hydrogen-bond donors (Lipinski definition) is 0. The van der Waals surface area contributed by atoms with Crippen molar-refractivity contribution in [2.24, 2.45) is 0 Å². The van der Waals surface area contributed by atoms with Crippen molar-refractivity contribution in [2.45, 2.75) is 46.0 Å². The fraction of sp³-hybridized carbons (Fsp3) is 0.381. The predicted molar refractivity (Wildman–Crippen MR) is 115 cm³/mol. The molecule has 0 N–H and O–H groups in total. The van der Waals surface area contributed by atoms with Gasteiger partial charge in [0.05, 0.1) is 6.42 Å². The third-order valence-corrected chi connectivity index (χ3v) is 6.17. The smallest absolute Gasteiger partial charge is 0.234 e. The van der Waals surface area contributed by atoms with Crippen molar-refractivity contribution in [2.75, 3.05) is 11.4 Å². The molecule has 3 rings (SSSR count). The van der Waals surface area contributed by atoms with E-state index in [4.69, 9.17) is 0 Å². The van der Waals surface area contributed by atoms with Crippen molar-refractivity contribution < 1.29 is 4.79 Å². The molecule has 0 saturated carbocycles. The number of thiophene rings is 1. The molecule has 6 heteroatoms. The van der Waals surface area contributed by atoms with Crippen LogP contribution in [0.15, 0.2) is 41.8 Å². The third-order valence-electron chi connectivity index (χ3n) is 4.30. The highest BCUT2D eigenvalue weighted by atomic mass is 32.1. The Kier molecular flexibility index (Phi) is 6.07. The Balaban J connectivity index is 1.80. The van der Waals surface area contributed by atoms with E-state index in [9.17, 15) is 4.79 Å². The van der Waals surface area contributed by atoms with E-state index in [0.29, 0.717) is 18.1 Å². The summed E-state index contributed by atoms with van der Waals surface area (Å²) in [6.07, 6.45) is 1.29. The van der Waals surface area contributed by atoms with Crippen molar-refractivity contribution in [1.29, 1.82) is 0 Å². The first kappa shape index (κ1) is 19.7. The van der Waals surface area contributed by atoms with Gasteiger partial charge in [-0.05, 0) is 28.8 Å². The standard InChI is InChI=1S/C21H25N3OS2/c1-5-12-24(18(25)14-17-7-6-13-26-17)20-23-22-19(27-20)15-8-10-16(11-9-15)21(2,3)4/h6-11,13H,5,12,14H2,1-4H3. The Morgan fingerprint density at radius 2 is 1.85 bits per heavy atom. The monoisotopic (exact) mass is 399 g/mol. The number of carbonyl (C=O) groups excluding carboxylic acids is 1. The van der Waals surface area contributed by atoms with Crippen LogP contribution in [-0.4, -0.2) is 22.6 Å². The number of benzene rings is 1. The van der Waals surface area contributed by atoms with E-state index in [-0.39, 0.29) is 11.3 Å². The number of amides is 1. The number of anilines is 1. The molecule has 27 heavy (non-hydrogen) atoms. The normalized spacial score (nSPS) is 11.6. The second-order valence-corrected chi connectivity index (χ2v) is 9.51. The van der Waals surface area contributed by atoms with Gasteiger partial charge in [0.15, 0.2) is 0 Å². The van der Waals surface area contributed by atoms with E-state index in [2.05, 4.69) is 62.2 Å². The second-order valence-electron chi connectivity index (χ2n) is 7.52. The highest BCUT2D eigenvalue weighted by Crippen LogP contribution is 2.31. The number of hydrogen-bond acceptors (Lipinski definition) is 5. The summed E-state index contributed by atoms with van der Waals surface area (Å²) in [4.78, 5) is 15.6. The van der Waals surface area contributed by atoms with Crippen LogP contribution in [0.25, 0.3) is 10.6 Å². The summed E-state index contributed by atoms with van der Waals surface area (Å²) in [5.41, 5.74) is 2.44. The highest BCUT2D eigenvalue weighted by molar-refractivity contribution is 7.18. The lowest BCUT2D eigenvalue weighted by Crippen LogP contribution is -2.32. The summed E-state index contributed by atoms with van der Waals surface area (Å²) in [5, 5.41) is 12.2. The van der Waals surface area contributed by atoms with Gasteiger partial charge in [0.1, 0.15) is 5.01 Å². The zero-order valence-corrected chi connectivity index (χ0v) is 17.9. The molecule has 142 valence electrons. The summed E-state index contributed by atoms with van der Waals surface area (Å²) < 4.78 is 0. The molecule has 0 aliphatic heterocycles. The molecule has 0 saturated heterocycles. The van der Waals surface area contributed by atoms with Gasteiger partial charge in [-0.25, -0.2) is 0 Å². The number of carbonyl (C=O) groups is 1. The fourth-order valence-corrected chi connectivity index (χ4v) is 4.35. The molecular formula is C21H25N3OS2. The quantitative estimate of drug-likeness (QED) is 0.546. The van der Waals surface area contributed by atoms with Crippen LogP contribution in [0.1, 0.15) is 44.6 Å². The van der Waals surface area contributed by atoms with E-state index in [1.54, 1.807) is 16.2 Å². The SMILES string of the molecule is CCCN(C(=O)Cc1cccs1)c1nnc(-c2ccc(C(C)(C)C)cc2)s1. The van der Waals surface area contributed by atoms with Gasteiger partial charge in [-0.3, -0.25) is 9.69 Å². The molecule has 2 heterocycles. The topological polar surface area (TPSA) is 46.1 Å². The minimum absolute atomic E-state index is 0.0741. The lowest BCUT2D eigenvalue weighted by Gasteiger charge is -2.19. The van der Waals surface area contributed by atoms with Crippen LogP contribution in [-0.2, 0) is 16.6 Å². The van der Waals surface area contributed by atoms with Crippen LogP contribution in [0.5, 0.6) is 0 Å². The minimum Gasteiger partial charge on any atom is -0.286 e. The summed E-state index contributed by atoms with van der Waals surface area (Å²) in [6, 6.07) is 12.4. The first-order chi connectivity index (χ1) is 12.9. The molecule has 0 atom stereocenters. The fourth-order valence-electron chi connectivity index (χ4n) is 2.76. The van der Waals surface area contributed by atoms with Crippen LogP contribution >= 0.6 is 22.7 Å². The Hall–Kier alpha value is -2.05. The van der Waals surface area contributed by atoms with Crippen molar-refractivity contribution in [3.8, 4) is 10.6 Å². The Bertz CT molecular complexity index is 877. The van der Waals surface area contributed by atoms with Gasteiger partial charge in [-0.1, -0.05) is 69.4 Å². The van der Waals surface area contributed by atoms with Crippen molar-refractivity contribution in [3.05, 3.63) is 52.2 Å². The lowest BCUT2D eigenvalue weighted by molar-refractivity contribution is -0.117. The number of nitrogens with zero attached hydrogens (tertiary/aromatic N) is 3. The number of rotatable bonds is 6. The first-order valence-corrected chi connectivity index (χ1v) is 10.8. The zero-order chi connectivity index (χ0) is 19.4. The average Bonchev–Trinajstić information content (AvgIpc) is 3.31. The molecular weight excluding hydrogens is 374 g/mol. The molecule has 0 aliphatic rings. The van der Waals surface area contributed by atoms with E-state index < -0.39 is 0 Å². The van der Waals surface area contributed by atoms with Gasteiger partial charge < -0.3 is 0 Å². The summed E-state index contributed by atoms with van der Waals surface area (Å²) in [5.74, 6) is 0.0741. The van der Waals surface area contributed by atoms with Gasteiger partial charge in [0.25, 0.3) is 0 Å². The molecule has 0 aliphatic carbocycles. The van der Waals surface area contributed by atoms with Crippen molar-refractivity contribution >= 4 is 33.7 Å². The molecule has 2 aromatic heterocycles. The van der Waals surface area contributed by atoms with Crippen LogP contribution < -0.4 is 4.90 Å². The molecule has 3 aromatic rings. The average molecular weight is 400 g/mol. The van der Waals surface area contributed by atoms with E-state index in [0.717, 1.165) is 21.9 Å². The molecule has 0 bridgehead atoms. The zero-order valence-electron chi connectivity index (χ0n) is 16.2. The maximum absolute atomic E-state index is 12.8. The van der Waals surface area contributed by atoms with Gasteiger partial charge in [-0.2, -0.15) is 0 Å². The number of aromatic nitrogens is 2. The van der Waals surface area contributed by atoms with E-state index in [1.165, 1.54) is 16.9 Å². The van der Waals surface area contributed by atoms with Gasteiger partial charge in [0.2, 0.25) is 11.0 Å². The van der Waals surface area contributed by atoms with Gasteiger partial charge in [-0.15, -0.1) is 21.5 Å². The Labute approximate surface area is 168 Å². The summed E-state index contributed by atoms with van der Waals surface area (Å²) >= 11 is 3.08. The van der Waals surface area contributed by atoms with Crippen LogP contribution in [0, 0.1) is 0 Å². The molecule has 0 unspecified atom stereocenters. The molecule has 4 nitrogen and oxygen atoms in total. The Morgan fingerprint density at radius 3 is 2.44 bits per heavy atom. The molecule has 0 fully saturated rings. The second kappa shape index (κ2) is 8.31. The lowest BCUT2D eigenvalue weighted by atomic mass is 9.87. The first-order valence-electron chi connectivity index (χ1n) is 9.15. The van der Waals surface area contributed by atoms with Crippen molar-refractivity contribution in [3.63, 3.8) is 0 Å². The maximum Gasteiger partial charge on any atom is 0.234 e. The van der Waals surface area contributed by atoms with E-state index in [1.807, 2.05) is 17.5 Å². The van der Waals surface area contributed by atoms with Gasteiger partial charge in [0, 0.05) is 17.0 Å². The molecule has 0 radical (unpaired) electrons. The van der Waals surface area contributed by atoms with Crippen LogP contribution in [0.4, 0.5) is 5.13 Å². The summed E-state index contributed by atoms with van der Waals surface area (Å²) in [6.45, 7) is 9.33.